The highest BCUT2D eigenvalue weighted by Crippen LogP contribution is 2.44. The van der Waals surface area contributed by atoms with Crippen molar-refractivity contribution in [3.63, 3.8) is 0 Å². The van der Waals surface area contributed by atoms with Crippen molar-refractivity contribution in [1.29, 1.82) is 0 Å². The van der Waals surface area contributed by atoms with E-state index in [1.807, 2.05) is 0 Å². The molecule has 0 saturated heterocycles. The van der Waals surface area contributed by atoms with Crippen LogP contribution in [-0.2, 0) is 6.42 Å². The number of benzene rings is 1. The van der Waals surface area contributed by atoms with Crippen molar-refractivity contribution in [1.82, 2.24) is 0 Å². The summed E-state index contributed by atoms with van der Waals surface area (Å²) in [5, 5.41) is 0. The first-order chi connectivity index (χ1) is 6.84. The minimum atomic E-state index is 0.736. The van der Waals surface area contributed by atoms with Crippen molar-refractivity contribution in [3.05, 3.63) is 47.0 Å². The van der Waals surface area contributed by atoms with Crippen LogP contribution in [0.5, 0.6) is 0 Å². The molecule has 0 heteroatoms. The quantitative estimate of drug-likeness (QED) is 0.539. The SMILES string of the molecule is CC1=CC2c3ccccc3CC2CC1. The summed E-state index contributed by atoms with van der Waals surface area (Å²) in [5.41, 5.74) is 4.77. The van der Waals surface area contributed by atoms with Crippen molar-refractivity contribution < 1.29 is 0 Å². The van der Waals surface area contributed by atoms with Crippen molar-refractivity contribution in [2.24, 2.45) is 5.92 Å². The Kier molecular flexibility index (Phi) is 1.76. The van der Waals surface area contributed by atoms with Crippen LogP contribution >= 0.6 is 0 Å². The molecular weight excluding hydrogens is 168 g/mol. The van der Waals surface area contributed by atoms with Crippen molar-refractivity contribution in [3.8, 4) is 0 Å². The van der Waals surface area contributed by atoms with E-state index in [1.165, 1.54) is 19.3 Å². The first-order valence-corrected chi connectivity index (χ1v) is 5.59. The van der Waals surface area contributed by atoms with Crippen LogP contribution in [0.25, 0.3) is 0 Å². The molecule has 2 atom stereocenters. The topological polar surface area (TPSA) is 0 Å². The van der Waals surface area contributed by atoms with Crippen molar-refractivity contribution >= 4 is 0 Å². The highest BCUT2D eigenvalue weighted by Gasteiger charge is 2.32. The van der Waals surface area contributed by atoms with E-state index < -0.39 is 0 Å². The van der Waals surface area contributed by atoms with Crippen LogP contribution in [0.15, 0.2) is 35.9 Å². The maximum Gasteiger partial charge on any atom is 0.00548 e. The van der Waals surface area contributed by atoms with E-state index in [9.17, 15) is 0 Å². The van der Waals surface area contributed by atoms with Gasteiger partial charge in [-0.05, 0) is 43.2 Å². The molecule has 0 aromatic heterocycles. The van der Waals surface area contributed by atoms with Gasteiger partial charge in [0.15, 0.2) is 0 Å². The number of hydrogen-bond acceptors (Lipinski definition) is 0. The maximum absolute atomic E-state index is 2.50. The Morgan fingerprint density at radius 2 is 2.07 bits per heavy atom. The molecule has 0 amide bonds. The summed E-state index contributed by atoms with van der Waals surface area (Å²) in [6.07, 6.45) is 6.52. The Bertz CT molecular complexity index is 387. The van der Waals surface area contributed by atoms with Crippen LogP contribution in [0.2, 0.25) is 0 Å². The van der Waals surface area contributed by atoms with Gasteiger partial charge in [0.05, 0.1) is 0 Å². The molecule has 0 fully saturated rings. The van der Waals surface area contributed by atoms with Gasteiger partial charge >= 0.3 is 0 Å². The van der Waals surface area contributed by atoms with E-state index in [2.05, 4.69) is 37.3 Å². The predicted molar refractivity (Wildman–Crippen MR) is 59.4 cm³/mol. The first-order valence-electron chi connectivity index (χ1n) is 5.59. The molecule has 0 N–H and O–H groups in total. The van der Waals surface area contributed by atoms with Gasteiger partial charge in [0.2, 0.25) is 0 Å². The van der Waals surface area contributed by atoms with E-state index >= 15 is 0 Å². The second-order valence-corrected chi connectivity index (χ2v) is 4.74. The van der Waals surface area contributed by atoms with E-state index in [0.717, 1.165) is 11.8 Å². The summed E-state index contributed by atoms with van der Waals surface area (Å²) < 4.78 is 0. The number of fused-ring (bicyclic) bond motifs is 3. The summed E-state index contributed by atoms with van der Waals surface area (Å²) >= 11 is 0. The third-order valence-electron chi connectivity index (χ3n) is 3.78. The van der Waals surface area contributed by atoms with Gasteiger partial charge in [0, 0.05) is 5.92 Å². The fourth-order valence-electron chi connectivity index (χ4n) is 3.02. The Balaban J connectivity index is 2.07. The molecule has 3 rings (SSSR count). The lowest BCUT2D eigenvalue weighted by Crippen LogP contribution is -2.10. The Morgan fingerprint density at radius 1 is 1.21 bits per heavy atom. The van der Waals surface area contributed by atoms with Crippen molar-refractivity contribution in [2.75, 3.05) is 0 Å². The first kappa shape index (κ1) is 8.28. The fourth-order valence-corrected chi connectivity index (χ4v) is 3.02. The van der Waals surface area contributed by atoms with E-state index in [1.54, 1.807) is 16.7 Å². The molecule has 0 heterocycles. The number of rotatable bonds is 0. The molecule has 2 aliphatic rings. The average molecular weight is 184 g/mol. The standard InChI is InChI=1S/C14H16/c1-10-6-7-12-9-11-4-2-3-5-13(11)14(12)8-10/h2-5,8,12,14H,6-7,9H2,1H3. The van der Waals surface area contributed by atoms with Gasteiger partial charge in [-0.2, -0.15) is 0 Å². The summed E-state index contributed by atoms with van der Waals surface area (Å²) in [5.74, 6) is 1.64. The van der Waals surface area contributed by atoms with Crippen LogP contribution in [0.4, 0.5) is 0 Å². The average Bonchev–Trinajstić information content (AvgIpc) is 2.56. The zero-order valence-electron chi connectivity index (χ0n) is 8.66. The number of hydrogen-bond donors (Lipinski definition) is 0. The summed E-state index contributed by atoms with van der Waals surface area (Å²) in [6.45, 7) is 2.27. The van der Waals surface area contributed by atoms with Crippen molar-refractivity contribution in [2.45, 2.75) is 32.1 Å². The molecule has 1 aromatic rings. The van der Waals surface area contributed by atoms with E-state index in [0.29, 0.717) is 0 Å². The van der Waals surface area contributed by atoms with Gasteiger partial charge in [-0.25, -0.2) is 0 Å². The Morgan fingerprint density at radius 3 is 3.00 bits per heavy atom. The van der Waals surface area contributed by atoms with Crippen LogP contribution in [0.1, 0.15) is 36.8 Å². The lowest BCUT2D eigenvalue weighted by molar-refractivity contribution is 0.451. The zero-order chi connectivity index (χ0) is 9.54. The lowest BCUT2D eigenvalue weighted by Gasteiger charge is -2.23. The zero-order valence-corrected chi connectivity index (χ0v) is 8.66. The molecule has 2 unspecified atom stereocenters. The van der Waals surface area contributed by atoms with Gasteiger partial charge in [0.1, 0.15) is 0 Å². The lowest BCUT2D eigenvalue weighted by atomic mass is 9.82. The predicted octanol–water partition coefficient (Wildman–Crippen LogP) is 3.68. The highest BCUT2D eigenvalue weighted by molar-refractivity contribution is 5.40. The summed E-state index contributed by atoms with van der Waals surface area (Å²) in [4.78, 5) is 0. The molecular formula is C14H16. The second-order valence-electron chi connectivity index (χ2n) is 4.74. The van der Waals surface area contributed by atoms with Crippen LogP contribution in [0, 0.1) is 5.92 Å². The van der Waals surface area contributed by atoms with Gasteiger partial charge in [0.25, 0.3) is 0 Å². The molecule has 1 aromatic carbocycles. The van der Waals surface area contributed by atoms with Crippen LogP contribution in [-0.4, -0.2) is 0 Å². The molecule has 0 radical (unpaired) electrons. The third-order valence-corrected chi connectivity index (χ3v) is 3.78. The largest absolute Gasteiger partial charge is 0.0778 e. The second kappa shape index (κ2) is 2.98. The maximum atomic E-state index is 2.50. The van der Waals surface area contributed by atoms with Gasteiger partial charge < -0.3 is 0 Å². The van der Waals surface area contributed by atoms with Gasteiger partial charge in [-0.15, -0.1) is 0 Å². The summed E-state index contributed by atoms with van der Waals surface area (Å²) in [7, 11) is 0. The molecule has 14 heavy (non-hydrogen) atoms. The van der Waals surface area contributed by atoms with Crippen LogP contribution in [0.3, 0.4) is 0 Å². The molecule has 0 saturated carbocycles. The Labute approximate surface area is 85.6 Å². The monoisotopic (exact) mass is 184 g/mol. The van der Waals surface area contributed by atoms with Gasteiger partial charge in [-0.1, -0.05) is 35.9 Å². The van der Waals surface area contributed by atoms with Crippen LogP contribution < -0.4 is 0 Å². The van der Waals surface area contributed by atoms with E-state index in [4.69, 9.17) is 0 Å². The minimum Gasteiger partial charge on any atom is -0.0778 e. The minimum absolute atomic E-state index is 0.736. The Hall–Kier alpha value is -1.04. The van der Waals surface area contributed by atoms with Gasteiger partial charge in [-0.3, -0.25) is 0 Å². The number of allylic oxidation sites excluding steroid dienone is 2. The molecule has 0 aliphatic heterocycles. The highest BCUT2D eigenvalue weighted by atomic mass is 14.4. The summed E-state index contributed by atoms with van der Waals surface area (Å²) in [6, 6.07) is 8.97. The molecule has 2 aliphatic carbocycles. The third kappa shape index (κ3) is 1.13. The molecule has 72 valence electrons. The van der Waals surface area contributed by atoms with E-state index in [-0.39, 0.29) is 0 Å². The molecule has 0 nitrogen and oxygen atoms in total. The normalized spacial score (nSPS) is 29.4. The molecule has 0 bridgehead atoms. The smallest absolute Gasteiger partial charge is 0.00548 e. The molecule has 0 spiro atoms. The fraction of sp³-hybridized carbons (Fsp3) is 0.429.